The van der Waals surface area contributed by atoms with Gasteiger partial charge in [0.05, 0.1) is 17.5 Å². The minimum absolute atomic E-state index is 0.158. The van der Waals surface area contributed by atoms with Crippen LogP contribution in [0.4, 0.5) is 5.82 Å². The minimum atomic E-state index is -0.248. The van der Waals surface area contributed by atoms with E-state index in [-0.39, 0.29) is 18.1 Å². The standard InChI is InChI=1S/C28H27N7O2/c29-26-23-24(34-35(27(23)33-16-32-26)20-9-11-21(36)12-10-20)19-7-5-17(6-8-19)15-31-28(37)25-22-4-2-1-3-18(22)13-14-30-25/h1-8,13-14,16,20-21,36H,9-12,15H2,(H,31,37)(H2,29,32,33). The summed E-state index contributed by atoms with van der Waals surface area (Å²) in [6, 6.07) is 17.6. The molecule has 6 rings (SSSR count). The van der Waals surface area contributed by atoms with Gasteiger partial charge in [0, 0.05) is 23.7 Å². The predicted octanol–water partition coefficient (Wildman–Crippen LogP) is 4.03. The van der Waals surface area contributed by atoms with Gasteiger partial charge >= 0.3 is 0 Å². The van der Waals surface area contributed by atoms with Crippen molar-refractivity contribution in [3.63, 3.8) is 0 Å². The summed E-state index contributed by atoms with van der Waals surface area (Å²) in [6.07, 6.45) is 6.04. The van der Waals surface area contributed by atoms with E-state index in [1.165, 1.54) is 6.33 Å². The molecular formula is C28H27N7O2. The molecule has 1 amide bonds. The van der Waals surface area contributed by atoms with Crippen molar-refractivity contribution in [3.05, 3.63) is 78.4 Å². The van der Waals surface area contributed by atoms with Crippen molar-refractivity contribution in [1.82, 2.24) is 30.0 Å². The summed E-state index contributed by atoms with van der Waals surface area (Å²) < 4.78 is 1.94. The summed E-state index contributed by atoms with van der Waals surface area (Å²) in [5.74, 6) is 0.175. The van der Waals surface area contributed by atoms with Crippen molar-refractivity contribution < 1.29 is 9.90 Å². The summed E-state index contributed by atoms with van der Waals surface area (Å²) in [5, 5.41) is 20.4. The molecule has 0 aliphatic heterocycles. The van der Waals surface area contributed by atoms with E-state index in [0.717, 1.165) is 58.7 Å². The number of fused-ring (bicyclic) bond motifs is 2. The second-order valence-corrected chi connectivity index (χ2v) is 9.47. The van der Waals surface area contributed by atoms with E-state index in [0.29, 0.717) is 23.7 Å². The van der Waals surface area contributed by atoms with Gasteiger partial charge in [-0.15, -0.1) is 0 Å². The molecule has 3 aromatic heterocycles. The van der Waals surface area contributed by atoms with Crippen LogP contribution in [-0.2, 0) is 6.54 Å². The third-order valence-electron chi connectivity index (χ3n) is 7.10. The summed E-state index contributed by atoms with van der Waals surface area (Å²) in [4.78, 5) is 25.8. The zero-order valence-corrected chi connectivity index (χ0v) is 20.2. The van der Waals surface area contributed by atoms with Gasteiger partial charge < -0.3 is 16.2 Å². The molecule has 2 aromatic carbocycles. The SMILES string of the molecule is Nc1ncnc2c1c(-c1ccc(CNC(=O)c3nccc4ccccc34)cc1)nn2C1CCC(O)CC1. The number of nitrogen functional groups attached to an aromatic ring is 1. The summed E-state index contributed by atoms with van der Waals surface area (Å²) in [5.41, 5.74) is 9.97. The molecule has 0 bridgehead atoms. The number of hydrogen-bond donors (Lipinski definition) is 3. The number of aromatic nitrogens is 5. The average Bonchev–Trinajstić information content (AvgIpc) is 3.33. The van der Waals surface area contributed by atoms with E-state index in [1.54, 1.807) is 6.20 Å². The highest BCUT2D eigenvalue weighted by Crippen LogP contribution is 2.36. The molecule has 5 aromatic rings. The normalized spacial score (nSPS) is 17.8. The second kappa shape index (κ2) is 9.59. The fourth-order valence-electron chi connectivity index (χ4n) is 5.10. The van der Waals surface area contributed by atoms with E-state index >= 15 is 0 Å². The summed E-state index contributed by atoms with van der Waals surface area (Å²) >= 11 is 0. The van der Waals surface area contributed by atoms with Crippen LogP contribution in [0, 0.1) is 0 Å². The van der Waals surface area contributed by atoms with E-state index in [9.17, 15) is 9.90 Å². The Morgan fingerprint density at radius 1 is 1.00 bits per heavy atom. The third kappa shape index (κ3) is 4.38. The number of pyridine rings is 1. The number of amides is 1. The third-order valence-corrected chi connectivity index (χ3v) is 7.10. The van der Waals surface area contributed by atoms with E-state index < -0.39 is 0 Å². The van der Waals surface area contributed by atoms with E-state index in [4.69, 9.17) is 10.8 Å². The maximum absolute atomic E-state index is 12.8. The lowest BCUT2D eigenvalue weighted by atomic mass is 9.93. The van der Waals surface area contributed by atoms with Gasteiger partial charge in [0.1, 0.15) is 23.5 Å². The first-order chi connectivity index (χ1) is 18.1. The molecule has 0 spiro atoms. The van der Waals surface area contributed by atoms with Crippen molar-refractivity contribution in [3.8, 4) is 11.3 Å². The Labute approximate surface area is 213 Å². The monoisotopic (exact) mass is 493 g/mol. The Morgan fingerprint density at radius 2 is 1.78 bits per heavy atom. The van der Waals surface area contributed by atoms with Crippen LogP contribution in [0.15, 0.2) is 67.1 Å². The number of carbonyl (C=O) groups excluding carboxylic acids is 1. The minimum Gasteiger partial charge on any atom is -0.393 e. The number of carbonyl (C=O) groups is 1. The van der Waals surface area contributed by atoms with E-state index in [1.807, 2.05) is 59.3 Å². The highest BCUT2D eigenvalue weighted by atomic mass is 16.3. The van der Waals surface area contributed by atoms with Crippen LogP contribution in [0.5, 0.6) is 0 Å². The van der Waals surface area contributed by atoms with Crippen LogP contribution in [-0.4, -0.2) is 41.9 Å². The quantitative estimate of drug-likeness (QED) is 0.337. The molecule has 9 heteroatoms. The molecular weight excluding hydrogens is 466 g/mol. The van der Waals surface area contributed by atoms with Crippen LogP contribution in [0.25, 0.3) is 33.1 Å². The lowest BCUT2D eigenvalue weighted by Crippen LogP contribution is -2.24. The fraction of sp³-hybridized carbons (Fsp3) is 0.250. The molecule has 37 heavy (non-hydrogen) atoms. The zero-order chi connectivity index (χ0) is 25.4. The number of benzene rings is 2. The fourth-order valence-corrected chi connectivity index (χ4v) is 5.10. The molecule has 1 saturated carbocycles. The first kappa shape index (κ1) is 23.1. The number of anilines is 1. The van der Waals surface area contributed by atoms with Gasteiger partial charge in [0.25, 0.3) is 5.91 Å². The number of hydrogen-bond acceptors (Lipinski definition) is 7. The van der Waals surface area contributed by atoms with Crippen LogP contribution < -0.4 is 11.1 Å². The highest BCUT2D eigenvalue weighted by Gasteiger charge is 2.26. The number of nitrogens with two attached hydrogens (primary N) is 1. The molecule has 0 atom stereocenters. The average molecular weight is 494 g/mol. The van der Waals surface area contributed by atoms with Crippen molar-refractivity contribution >= 4 is 33.5 Å². The van der Waals surface area contributed by atoms with Gasteiger partial charge in [-0.3, -0.25) is 9.78 Å². The maximum atomic E-state index is 12.8. The Balaban J connectivity index is 1.24. The molecule has 9 nitrogen and oxygen atoms in total. The largest absolute Gasteiger partial charge is 0.393 e. The predicted molar refractivity (Wildman–Crippen MR) is 142 cm³/mol. The van der Waals surface area contributed by atoms with Gasteiger partial charge in [-0.25, -0.2) is 14.6 Å². The van der Waals surface area contributed by atoms with E-state index in [2.05, 4.69) is 20.3 Å². The van der Waals surface area contributed by atoms with Crippen LogP contribution in [0.3, 0.4) is 0 Å². The van der Waals surface area contributed by atoms with Gasteiger partial charge in [0.15, 0.2) is 5.65 Å². The zero-order valence-electron chi connectivity index (χ0n) is 20.2. The van der Waals surface area contributed by atoms with Gasteiger partial charge in [-0.1, -0.05) is 48.5 Å². The Morgan fingerprint density at radius 3 is 2.59 bits per heavy atom. The molecule has 0 radical (unpaired) electrons. The maximum Gasteiger partial charge on any atom is 0.270 e. The van der Waals surface area contributed by atoms with Gasteiger partial charge in [-0.2, -0.15) is 5.10 Å². The lowest BCUT2D eigenvalue weighted by Gasteiger charge is -2.25. The molecule has 0 unspecified atom stereocenters. The van der Waals surface area contributed by atoms with Crippen molar-refractivity contribution in [2.75, 3.05) is 5.73 Å². The Bertz CT molecular complexity index is 1580. The first-order valence-electron chi connectivity index (χ1n) is 12.5. The number of nitrogens with one attached hydrogen (secondary N) is 1. The Kier molecular flexibility index (Phi) is 5.97. The molecule has 1 aliphatic carbocycles. The van der Waals surface area contributed by atoms with Crippen molar-refractivity contribution in [2.45, 2.75) is 44.4 Å². The number of nitrogens with zero attached hydrogens (tertiary/aromatic N) is 5. The number of rotatable bonds is 5. The number of aliphatic hydroxyl groups is 1. The summed E-state index contributed by atoms with van der Waals surface area (Å²) in [6.45, 7) is 0.370. The van der Waals surface area contributed by atoms with Crippen LogP contribution in [0.2, 0.25) is 0 Å². The smallest absolute Gasteiger partial charge is 0.270 e. The van der Waals surface area contributed by atoms with Crippen LogP contribution >= 0.6 is 0 Å². The number of aliphatic hydroxyl groups excluding tert-OH is 1. The first-order valence-corrected chi connectivity index (χ1v) is 12.5. The molecule has 4 N–H and O–H groups in total. The molecule has 3 heterocycles. The Hall–Kier alpha value is -4.37. The molecule has 1 aliphatic rings. The van der Waals surface area contributed by atoms with Crippen molar-refractivity contribution in [2.24, 2.45) is 0 Å². The second-order valence-electron chi connectivity index (χ2n) is 9.47. The highest BCUT2D eigenvalue weighted by molar-refractivity contribution is 6.05. The summed E-state index contributed by atoms with van der Waals surface area (Å²) in [7, 11) is 0. The molecule has 0 saturated heterocycles. The van der Waals surface area contributed by atoms with Gasteiger partial charge in [-0.05, 0) is 42.7 Å². The topological polar surface area (TPSA) is 132 Å². The van der Waals surface area contributed by atoms with Crippen molar-refractivity contribution in [1.29, 1.82) is 0 Å². The lowest BCUT2D eigenvalue weighted by molar-refractivity contribution is 0.0947. The van der Waals surface area contributed by atoms with Gasteiger partial charge in [0.2, 0.25) is 0 Å². The molecule has 186 valence electrons. The van der Waals surface area contributed by atoms with Crippen LogP contribution in [0.1, 0.15) is 47.8 Å². The molecule has 1 fully saturated rings.